The molecule has 6 nitrogen and oxygen atoms in total. The van der Waals surface area contributed by atoms with Crippen LogP contribution in [0.25, 0.3) is 0 Å². The Bertz CT molecular complexity index is 1090. The van der Waals surface area contributed by atoms with Gasteiger partial charge in [-0.25, -0.2) is 0 Å². The van der Waals surface area contributed by atoms with Crippen molar-refractivity contribution in [1.82, 2.24) is 4.90 Å². The molecule has 0 radical (unpaired) electrons. The third kappa shape index (κ3) is 6.93. The maximum atomic E-state index is 12.7. The molecule has 0 saturated carbocycles. The van der Waals surface area contributed by atoms with Crippen LogP contribution in [0.5, 0.6) is 0 Å². The molecule has 0 fully saturated rings. The van der Waals surface area contributed by atoms with Crippen LogP contribution in [0.15, 0.2) is 66.0 Å². The second-order valence-corrected chi connectivity index (χ2v) is 8.69. The fourth-order valence-electron chi connectivity index (χ4n) is 3.09. The lowest BCUT2D eigenvalue weighted by Gasteiger charge is -2.17. The Hall–Kier alpha value is -3.16. The van der Waals surface area contributed by atoms with E-state index in [9.17, 15) is 14.4 Å². The quantitative estimate of drug-likeness (QED) is 0.459. The van der Waals surface area contributed by atoms with Gasteiger partial charge in [-0.05, 0) is 54.6 Å². The number of hydrogen-bond donors (Lipinski definition) is 2. The van der Waals surface area contributed by atoms with Gasteiger partial charge < -0.3 is 15.5 Å². The Balaban J connectivity index is 1.51. The maximum absolute atomic E-state index is 12.7. The first-order valence-corrected chi connectivity index (χ1v) is 11.4. The van der Waals surface area contributed by atoms with Crippen molar-refractivity contribution in [3.63, 3.8) is 0 Å². The van der Waals surface area contributed by atoms with Gasteiger partial charge in [-0.3, -0.25) is 14.4 Å². The molecular weight excluding hydrogens is 446 g/mol. The molecule has 2 N–H and O–H groups in total. The van der Waals surface area contributed by atoms with Crippen molar-refractivity contribution in [2.24, 2.45) is 0 Å². The minimum absolute atomic E-state index is 0.0985. The van der Waals surface area contributed by atoms with Gasteiger partial charge in [-0.1, -0.05) is 35.9 Å². The summed E-state index contributed by atoms with van der Waals surface area (Å²) in [5.74, 6) is -0.782. The Labute approximate surface area is 196 Å². The van der Waals surface area contributed by atoms with Gasteiger partial charge in [0.1, 0.15) is 0 Å². The number of halogens is 1. The predicted octanol–water partition coefficient (Wildman–Crippen LogP) is 5.07. The summed E-state index contributed by atoms with van der Waals surface area (Å²) < 4.78 is 0. The molecule has 0 atom stereocenters. The summed E-state index contributed by atoms with van der Waals surface area (Å²) in [5.41, 5.74) is 1.42. The Morgan fingerprint density at radius 3 is 2.53 bits per heavy atom. The SMILES string of the molecule is CN(CC(=O)Nc1ccccc1Cl)C(=O)c1cccc(NC(=O)CCCc2cccs2)c1. The van der Waals surface area contributed by atoms with E-state index in [1.165, 1.54) is 9.78 Å². The van der Waals surface area contributed by atoms with Crippen LogP contribution < -0.4 is 10.6 Å². The minimum Gasteiger partial charge on any atom is -0.332 e. The fraction of sp³-hybridized carbons (Fsp3) is 0.208. The van der Waals surface area contributed by atoms with Crippen LogP contribution in [-0.2, 0) is 16.0 Å². The zero-order valence-corrected chi connectivity index (χ0v) is 19.2. The lowest BCUT2D eigenvalue weighted by Crippen LogP contribution is -2.35. The number of carbonyl (C=O) groups excluding carboxylic acids is 3. The number of hydrogen-bond acceptors (Lipinski definition) is 4. The number of nitrogens with zero attached hydrogens (tertiary/aromatic N) is 1. The van der Waals surface area contributed by atoms with E-state index in [1.54, 1.807) is 66.9 Å². The first-order valence-electron chi connectivity index (χ1n) is 10.1. The fourth-order valence-corrected chi connectivity index (χ4v) is 4.03. The number of para-hydroxylation sites is 1. The van der Waals surface area contributed by atoms with Gasteiger partial charge in [0.2, 0.25) is 11.8 Å². The molecule has 8 heteroatoms. The number of likely N-dealkylation sites (N-methyl/N-ethyl adjacent to an activating group) is 1. The molecule has 3 aromatic rings. The van der Waals surface area contributed by atoms with E-state index in [1.807, 2.05) is 11.4 Å². The predicted molar refractivity (Wildman–Crippen MR) is 129 cm³/mol. The molecule has 1 heterocycles. The Kier molecular flexibility index (Phi) is 8.41. The van der Waals surface area contributed by atoms with E-state index < -0.39 is 0 Å². The summed E-state index contributed by atoms with van der Waals surface area (Å²) >= 11 is 7.73. The van der Waals surface area contributed by atoms with Crippen molar-refractivity contribution in [3.05, 3.63) is 81.5 Å². The Morgan fingerprint density at radius 2 is 1.78 bits per heavy atom. The van der Waals surface area contributed by atoms with Gasteiger partial charge >= 0.3 is 0 Å². The van der Waals surface area contributed by atoms with Gasteiger partial charge in [-0.2, -0.15) is 0 Å². The van der Waals surface area contributed by atoms with Gasteiger partial charge in [0.25, 0.3) is 5.91 Å². The highest BCUT2D eigenvalue weighted by Crippen LogP contribution is 2.20. The first kappa shape index (κ1) is 23.5. The maximum Gasteiger partial charge on any atom is 0.254 e. The van der Waals surface area contributed by atoms with Crippen LogP contribution in [0.4, 0.5) is 11.4 Å². The zero-order chi connectivity index (χ0) is 22.9. The second kappa shape index (κ2) is 11.5. The Morgan fingerprint density at radius 1 is 0.969 bits per heavy atom. The van der Waals surface area contributed by atoms with E-state index in [2.05, 4.69) is 16.7 Å². The van der Waals surface area contributed by atoms with Crippen LogP contribution in [0, 0.1) is 0 Å². The third-order valence-corrected chi connectivity index (χ3v) is 5.94. The van der Waals surface area contributed by atoms with Crippen LogP contribution in [0.1, 0.15) is 28.1 Å². The number of rotatable bonds is 9. The van der Waals surface area contributed by atoms with Gasteiger partial charge in [-0.15, -0.1) is 11.3 Å². The highest BCUT2D eigenvalue weighted by molar-refractivity contribution is 7.09. The highest BCUT2D eigenvalue weighted by atomic mass is 35.5. The molecule has 0 bridgehead atoms. The number of thiophene rings is 1. The van der Waals surface area contributed by atoms with Gasteiger partial charge in [0.15, 0.2) is 0 Å². The molecule has 3 rings (SSSR count). The van der Waals surface area contributed by atoms with Crippen LogP contribution >= 0.6 is 22.9 Å². The standard InChI is InChI=1S/C24H24ClN3O3S/c1-28(16-23(30)27-21-12-3-2-11-20(21)25)24(31)17-7-4-8-18(15-17)26-22(29)13-5-9-19-10-6-14-32-19/h2-4,6-8,10-12,14-15H,5,9,13,16H2,1H3,(H,26,29)(H,27,30). The molecule has 32 heavy (non-hydrogen) atoms. The molecule has 2 aromatic carbocycles. The highest BCUT2D eigenvalue weighted by Gasteiger charge is 2.16. The smallest absolute Gasteiger partial charge is 0.254 e. The van der Waals surface area contributed by atoms with Crippen molar-refractivity contribution in [3.8, 4) is 0 Å². The molecule has 3 amide bonds. The van der Waals surface area contributed by atoms with E-state index in [4.69, 9.17) is 11.6 Å². The summed E-state index contributed by atoms with van der Waals surface area (Å²) in [6.07, 6.45) is 2.02. The topological polar surface area (TPSA) is 78.5 Å². The molecule has 0 aliphatic heterocycles. The number of amides is 3. The second-order valence-electron chi connectivity index (χ2n) is 7.25. The van der Waals surface area contributed by atoms with E-state index >= 15 is 0 Å². The zero-order valence-electron chi connectivity index (χ0n) is 17.6. The normalized spacial score (nSPS) is 10.4. The number of anilines is 2. The largest absolute Gasteiger partial charge is 0.332 e. The average molecular weight is 470 g/mol. The molecule has 0 saturated heterocycles. The van der Waals surface area contributed by atoms with Crippen molar-refractivity contribution in [1.29, 1.82) is 0 Å². The number of carbonyl (C=O) groups is 3. The lowest BCUT2D eigenvalue weighted by atomic mass is 10.1. The minimum atomic E-state index is -0.357. The summed E-state index contributed by atoms with van der Waals surface area (Å²) in [6.45, 7) is -0.136. The monoisotopic (exact) mass is 469 g/mol. The van der Waals surface area contributed by atoms with Gasteiger partial charge in [0.05, 0.1) is 17.3 Å². The molecule has 166 valence electrons. The molecule has 1 aromatic heterocycles. The lowest BCUT2D eigenvalue weighted by molar-refractivity contribution is -0.117. The number of benzene rings is 2. The number of nitrogens with one attached hydrogen (secondary N) is 2. The molecule has 0 aliphatic carbocycles. The van der Waals surface area contributed by atoms with Gasteiger partial charge in [0, 0.05) is 29.6 Å². The third-order valence-electron chi connectivity index (χ3n) is 4.68. The summed E-state index contributed by atoms with van der Waals surface area (Å²) in [5, 5.41) is 7.98. The van der Waals surface area contributed by atoms with Crippen LogP contribution in [-0.4, -0.2) is 36.2 Å². The van der Waals surface area contributed by atoms with Crippen molar-refractivity contribution >= 4 is 52.0 Å². The van der Waals surface area contributed by atoms with E-state index in [-0.39, 0.29) is 24.3 Å². The van der Waals surface area contributed by atoms with Crippen LogP contribution in [0.2, 0.25) is 5.02 Å². The van der Waals surface area contributed by atoms with Crippen molar-refractivity contribution < 1.29 is 14.4 Å². The van der Waals surface area contributed by atoms with Crippen molar-refractivity contribution in [2.75, 3.05) is 24.2 Å². The molecular formula is C24H24ClN3O3S. The average Bonchev–Trinajstić information content (AvgIpc) is 3.28. The molecule has 0 aliphatic rings. The van der Waals surface area contributed by atoms with Crippen LogP contribution in [0.3, 0.4) is 0 Å². The molecule has 0 unspecified atom stereocenters. The van der Waals surface area contributed by atoms with E-state index in [0.29, 0.717) is 28.4 Å². The van der Waals surface area contributed by atoms with E-state index in [0.717, 1.165) is 12.8 Å². The van der Waals surface area contributed by atoms with Crippen molar-refractivity contribution in [2.45, 2.75) is 19.3 Å². The summed E-state index contributed by atoms with van der Waals surface area (Å²) in [7, 11) is 1.55. The summed E-state index contributed by atoms with van der Waals surface area (Å²) in [4.78, 5) is 39.8. The number of aryl methyl sites for hydroxylation is 1. The summed E-state index contributed by atoms with van der Waals surface area (Å²) in [6, 6.07) is 17.6. The first-order chi connectivity index (χ1) is 15.4. The molecule has 0 spiro atoms.